The fourth-order valence-electron chi connectivity index (χ4n) is 2.89. The maximum absolute atomic E-state index is 5.72. The molecular weight excluding hydrogens is 226 g/mol. The molecule has 1 aromatic heterocycles. The molecule has 1 aliphatic carbocycles. The van der Waals surface area contributed by atoms with Gasteiger partial charge in [-0.2, -0.15) is 0 Å². The molecule has 0 aromatic carbocycles. The Balaban J connectivity index is 1.53. The van der Waals surface area contributed by atoms with Crippen molar-refractivity contribution in [2.75, 3.05) is 13.2 Å². The van der Waals surface area contributed by atoms with Crippen LogP contribution in [0.1, 0.15) is 50.3 Å². The standard InChI is InChI=1S/C14H21N3O/c1-2-5-11(4-1)14-16-8-13(9-17-14)18-10-12-6-3-7-15-12/h8-9,11-12,15H,1-7,10H2. The van der Waals surface area contributed by atoms with Crippen LogP contribution in [0.15, 0.2) is 12.4 Å². The van der Waals surface area contributed by atoms with Crippen LogP contribution in [0.4, 0.5) is 0 Å². The molecule has 0 spiro atoms. The highest BCUT2D eigenvalue weighted by atomic mass is 16.5. The highest BCUT2D eigenvalue weighted by molar-refractivity contribution is 5.14. The van der Waals surface area contributed by atoms with Crippen LogP contribution in [0.2, 0.25) is 0 Å². The van der Waals surface area contributed by atoms with Crippen molar-refractivity contribution in [3.8, 4) is 5.75 Å². The van der Waals surface area contributed by atoms with Crippen LogP contribution in [0, 0.1) is 0 Å². The fraction of sp³-hybridized carbons (Fsp3) is 0.714. The van der Waals surface area contributed by atoms with Gasteiger partial charge in [-0.05, 0) is 32.2 Å². The zero-order valence-corrected chi connectivity index (χ0v) is 10.8. The van der Waals surface area contributed by atoms with Crippen LogP contribution in [0.3, 0.4) is 0 Å². The molecule has 2 aliphatic rings. The minimum atomic E-state index is 0.500. The molecule has 2 fully saturated rings. The predicted octanol–water partition coefficient (Wildman–Crippen LogP) is 2.26. The summed E-state index contributed by atoms with van der Waals surface area (Å²) in [5.74, 6) is 2.37. The first-order chi connectivity index (χ1) is 8.92. The minimum Gasteiger partial charge on any atom is -0.489 e. The third-order valence-corrected chi connectivity index (χ3v) is 3.98. The van der Waals surface area contributed by atoms with Gasteiger partial charge in [-0.25, -0.2) is 9.97 Å². The summed E-state index contributed by atoms with van der Waals surface area (Å²) >= 11 is 0. The molecule has 1 saturated heterocycles. The highest BCUT2D eigenvalue weighted by Crippen LogP contribution is 2.32. The summed E-state index contributed by atoms with van der Waals surface area (Å²) in [5.41, 5.74) is 0. The lowest BCUT2D eigenvalue weighted by Crippen LogP contribution is -2.28. The molecule has 1 aromatic rings. The summed E-state index contributed by atoms with van der Waals surface area (Å²) in [7, 11) is 0. The molecule has 18 heavy (non-hydrogen) atoms. The Hall–Kier alpha value is -1.16. The molecule has 1 saturated carbocycles. The van der Waals surface area contributed by atoms with E-state index in [9.17, 15) is 0 Å². The van der Waals surface area contributed by atoms with E-state index < -0.39 is 0 Å². The largest absolute Gasteiger partial charge is 0.489 e. The van der Waals surface area contributed by atoms with Crippen molar-refractivity contribution in [3.63, 3.8) is 0 Å². The van der Waals surface area contributed by atoms with Crippen LogP contribution in [0.5, 0.6) is 5.75 Å². The third-order valence-electron chi connectivity index (χ3n) is 3.98. The summed E-state index contributed by atoms with van der Waals surface area (Å²) in [4.78, 5) is 8.90. The number of hydrogen-bond donors (Lipinski definition) is 1. The van der Waals surface area contributed by atoms with E-state index in [4.69, 9.17) is 4.74 Å². The van der Waals surface area contributed by atoms with E-state index >= 15 is 0 Å². The first kappa shape index (κ1) is 11.9. The average molecular weight is 247 g/mol. The van der Waals surface area contributed by atoms with Crippen LogP contribution >= 0.6 is 0 Å². The van der Waals surface area contributed by atoms with Crippen LogP contribution < -0.4 is 10.1 Å². The smallest absolute Gasteiger partial charge is 0.155 e. The fourth-order valence-corrected chi connectivity index (χ4v) is 2.89. The van der Waals surface area contributed by atoms with E-state index in [1.165, 1.54) is 38.5 Å². The van der Waals surface area contributed by atoms with Gasteiger partial charge in [0, 0.05) is 12.0 Å². The molecule has 1 N–H and O–H groups in total. The number of nitrogens with zero attached hydrogens (tertiary/aromatic N) is 2. The van der Waals surface area contributed by atoms with E-state index in [1.54, 1.807) is 0 Å². The third kappa shape index (κ3) is 2.80. The van der Waals surface area contributed by atoms with Gasteiger partial charge in [0.15, 0.2) is 5.75 Å². The molecule has 98 valence electrons. The van der Waals surface area contributed by atoms with Crippen molar-refractivity contribution in [2.45, 2.75) is 50.5 Å². The molecule has 0 bridgehead atoms. The van der Waals surface area contributed by atoms with Crippen molar-refractivity contribution in [1.29, 1.82) is 0 Å². The van der Waals surface area contributed by atoms with Crippen molar-refractivity contribution >= 4 is 0 Å². The summed E-state index contributed by atoms with van der Waals surface area (Å²) in [5, 5.41) is 3.42. The Morgan fingerprint density at radius 1 is 1.11 bits per heavy atom. The Kier molecular flexibility index (Phi) is 3.74. The normalized spacial score (nSPS) is 24.6. The van der Waals surface area contributed by atoms with Gasteiger partial charge in [-0.1, -0.05) is 12.8 Å². The van der Waals surface area contributed by atoms with Crippen LogP contribution in [-0.2, 0) is 0 Å². The van der Waals surface area contributed by atoms with Crippen LogP contribution in [-0.4, -0.2) is 29.2 Å². The molecule has 2 heterocycles. The van der Waals surface area contributed by atoms with E-state index in [0.29, 0.717) is 12.0 Å². The summed E-state index contributed by atoms with van der Waals surface area (Å²) in [6.45, 7) is 1.84. The molecule has 3 rings (SSSR count). The van der Waals surface area contributed by atoms with Crippen molar-refractivity contribution in [1.82, 2.24) is 15.3 Å². The number of rotatable bonds is 4. The molecule has 1 unspecified atom stereocenters. The molecular formula is C14H21N3O. The monoisotopic (exact) mass is 247 g/mol. The second-order valence-corrected chi connectivity index (χ2v) is 5.36. The number of hydrogen-bond acceptors (Lipinski definition) is 4. The molecule has 0 radical (unpaired) electrons. The molecule has 0 amide bonds. The lowest BCUT2D eigenvalue weighted by Gasteiger charge is -2.12. The maximum atomic E-state index is 5.72. The lowest BCUT2D eigenvalue weighted by molar-refractivity contribution is 0.275. The average Bonchev–Trinajstić information content (AvgIpc) is 3.10. The zero-order valence-electron chi connectivity index (χ0n) is 10.8. The second-order valence-electron chi connectivity index (χ2n) is 5.36. The van der Waals surface area contributed by atoms with E-state index in [2.05, 4.69) is 15.3 Å². The van der Waals surface area contributed by atoms with E-state index in [1.807, 2.05) is 12.4 Å². The Morgan fingerprint density at radius 3 is 2.56 bits per heavy atom. The van der Waals surface area contributed by atoms with Gasteiger partial charge in [0.25, 0.3) is 0 Å². The second kappa shape index (κ2) is 5.65. The molecule has 1 aliphatic heterocycles. The topological polar surface area (TPSA) is 47.0 Å². The quantitative estimate of drug-likeness (QED) is 0.886. The van der Waals surface area contributed by atoms with Gasteiger partial charge in [-0.3, -0.25) is 0 Å². The van der Waals surface area contributed by atoms with E-state index in [-0.39, 0.29) is 0 Å². The first-order valence-corrected chi connectivity index (χ1v) is 7.10. The van der Waals surface area contributed by atoms with Crippen molar-refractivity contribution in [3.05, 3.63) is 18.2 Å². The molecule has 1 atom stereocenters. The van der Waals surface area contributed by atoms with Gasteiger partial charge < -0.3 is 10.1 Å². The first-order valence-electron chi connectivity index (χ1n) is 7.10. The Morgan fingerprint density at radius 2 is 1.89 bits per heavy atom. The highest BCUT2D eigenvalue weighted by Gasteiger charge is 2.19. The zero-order chi connectivity index (χ0) is 12.2. The predicted molar refractivity (Wildman–Crippen MR) is 69.8 cm³/mol. The summed E-state index contributed by atoms with van der Waals surface area (Å²) in [6.07, 6.45) is 11.2. The van der Waals surface area contributed by atoms with Crippen molar-refractivity contribution < 1.29 is 4.74 Å². The summed E-state index contributed by atoms with van der Waals surface area (Å²) in [6, 6.07) is 0.500. The molecule has 4 nitrogen and oxygen atoms in total. The van der Waals surface area contributed by atoms with Gasteiger partial charge in [-0.15, -0.1) is 0 Å². The Labute approximate surface area is 108 Å². The number of ether oxygens (including phenoxy) is 1. The maximum Gasteiger partial charge on any atom is 0.155 e. The SMILES string of the molecule is c1nc(C2CCCC2)ncc1OCC1CCCN1. The summed E-state index contributed by atoms with van der Waals surface area (Å²) < 4.78 is 5.72. The molecule has 4 heteroatoms. The number of nitrogens with one attached hydrogen (secondary N) is 1. The van der Waals surface area contributed by atoms with Gasteiger partial charge in [0.1, 0.15) is 12.4 Å². The lowest BCUT2D eigenvalue weighted by atomic mass is 10.1. The Bertz CT molecular complexity index is 367. The van der Waals surface area contributed by atoms with Gasteiger partial charge >= 0.3 is 0 Å². The van der Waals surface area contributed by atoms with E-state index in [0.717, 1.165) is 24.7 Å². The minimum absolute atomic E-state index is 0.500. The van der Waals surface area contributed by atoms with Crippen LogP contribution in [0.25, 0.3) is 0 Å². The number of aromatic nitrogens is 2. The van der Waals surface area contributed by atoms with Crippen molar-refractivity contribution in [2.24, 2.45) is 0 Å². The van der Waals surface area contributed by atoms with Gasteiger partial charge in [0.05, 0.1) is 12.4 Å². The van der Waals surface area contributed by atoms with Gasteiger partial charge in [0.2, 0.25) is 0 Å².